The van der Waals surface area contributed by atoms with E-state index in [1.807, 2.05) is 18.2 Å². The lowest BCUT2D eigenvalue weighted by Crippen LogP contribution is -2.59. The van der Waals surface area contributed by atoms with Gasteiger partial charge in [0.1, 0.15) is 11.5 Å². The van der Waals surface area contributed by atoms with Crippen LogP contribution in [0.25, 0.3) is 0 Å². The average Bonchev–Trinajstić information content (AvgIpc) is 2.65. The molecule has 1 aliphatic rings. The number of nitrogens with two attached hydrogens (primary N) is 1. The van der Waals surface area contributed by atoms with Crippen molar-refractivity contribution in [2.24, 2.45) is 5.73 Å². The molecule has 0 aliphatic carbocycles. The molecule has 16 heavy (non-hydrogen) atoms. The van der Waals surface area contributed by atoms with Crippen LogP contribution in [-0.2, 0) is 6.42 Å². The summed E-state index contributed by atoms with van der Waals surface area (Å²) in [6, 6.07) is 5.97. The van der Waals surface area contributed by atoms with E-state index in [1.54, 1.807) is 7.11 Å². The molecule has 4 N–H and O–H groups in total. The van der Waals surface area contributed by atoms with E-state index in [9.17, 15) is 0 Å². The standard InChI is InChI=1S/C11H16BrN3O/c1-16-10-8(3-2-4-9(10)12)7-11(13)14-5-6-15-11/h2-4,14-15H,5-7,13H2,1H3. The third kappa shape index (κ3) is 2.38. The van der Waals surface area contributed by atoms with Crippen LogP contribution in [0.3, 0.4) is 0 Å². The minimum atomic E-state index is -0.520. The minimum absolute atomic E-state index is 0.520. The van der Waals surface area contributed by atoms with Gasteiger partial charge >= 0.3 is 0 Å². The molecule has 4 nitrogen and oxygen atoms in total. The topological polar surface area (TPSA) is 59.3 Å². The molecule has 0 saturated carbocycles. The quantitative estimate of drug-likeness (QED) is 0.769. The van der Waals surface area contributed by atoms with Crippen LogP contribution in [0.15, 0.2) is 22.7 Å². The summed E-state index contributed by atoms with van der Waals surface area (Å²) in [7, 11) is 1.67. The van der Waals surface area contributed by atoms with Crippen molar-refractivity contribution in [2.45, 2.75) is 12.2 Å². The molecule has 1 saturated heterocycles. The highest BCUT2D eigenvalue weighted by atomic mass is 79.9. The first-order valence-electron chi connectivity index (χ1n) is 5.25. The van der Waals surface area contributed by atoms with E-state index in [0.717, 1.165) is 28.9 Å². The summed E-state index contributed by atoms with van der Waals surface area (Å²) >= 11 is 3.47. The molecule has 1 aromatic carbocycles. The number of hydrogen-bond donors (Lipinski definition) is 3. The van der Waals surface area contributed by atoms with Crippen LogP contribution in [0.2, 0.25) is 0 Å². The Balaban J connectivity index is 2.23. The van der Waals surface area contributed by atoms with E-state index in [2.05, 4.69) is 26.6 Å². The lowest BCUT2D eigenvalue weighted by Gasteiger charge is -2.25. The minimum Gasteiger partial charge on any atom is -0.495 e. The summed E-state index contributed by atoms with van der Waals surface area (Å²) < 4.78 is 6.33. The monoisotopic (exact) mass is 285 g/mol. The summed E-state index contributed by atoms with van der Waals surface area (Å²) in [5.41, 5.74) is 7.26. The van der Waals surface area contributed by atoms with Gasteiger partial charge in [-0.25, -0.2) is 0 Å². The Morgan fingerprint density at radius 2 is 2.12 bits per heavy atom. The Labute approximate surface area is 104 Å². The second-order valence-electron chi connectivity index (χ2n) is 3.93. The van der Waals surface area contributed by atoms with E-state index in [0.29, 0.717) is 6.42 Å². The van der Waals surface area contributed by atoms with Gasteiger partial charge in [0.15, 0.2) is 0 Å². The zero-order valence-corrected chi connectivity index (χ0v) is 10.8. The van der Waals surface area contributed by atoms with E-state index < -0.39 is 5.79 Å². The maximum atomic E-state index is 6.17. The molecule has 0 amide bonds. The molecule has 0 spiro atoms. The van der Waals surface area contributed by atoms with Crippen LogP contribution in [-0.4, -0.2) is 26.0 Å². The number of para-hydroxylation sites is 1. The van der Waals surface area contributed by atoms with Crippen molar-refractivity contribution in [2.75, 3.05) is 20.2 Å². The molecular weight excluding hydrogens is 270 g/mol. The van der Waals surface area contributed by atoms with E-state index in [1.165, 1.54) is 0 Å². The van der Waals surface area contributed by atoms with Gasteiger partial charge in [-0.15, -0.1) is 0 Å². The number of methoxy groups -OCH3 is 1. The summed E-state index contributed by atoms with van der Waals surface area (Å²) in [6.45, 7) is 1.79. The number of halogens is 1. The number of hydrogen-bond acceptors (Lipinski definition) is 4. The summed E-state index contributed by atoms with van der Waals surface area (Å²) in [5.74, 6) is 0.330. The van der Waals surface area contributed by atoms with Crippen molar-refractivity contribution < 1.29 is 4.74 Å². The highest BCUT2D eigenvalue weighted by Crippen LogP contribution is 2.30. The molecule has 0 radical (unpaired) electrons. The molecular formula is C11H16BrN3O. The molecule has 1 heterocycles. The highest BCUT2D eigenvalue weighted by Gasteiger charge is 2.29. The lowest BCUT2D eigenvalue weighted by molar-refractivity contribution is 0.335. The second kappa shape index (κ2) is 4.71. The number of benzene rings is 1. The molecule has 88 valence electrons. The van der Waals surface area contributed by atoms with E-state index in [-0.39, 0.29) is 0 Å². The van der Waals surface area contributed by atoms with Crippen molar-refractivity contribution in [3.8, 4) is 5.75 Å². The molecule has 2 rings (SSSR count). The normalized spacial score (nSPS) is 18.7. The van der Waals surface area contributed by atoms with Gasteiger partial charge in [-0.1, -0.05) is 12.1 Å². The van der Waals surface area contributed by atoms with Crippen LogP contribution < -0.4 is 21.1 Å². The first-order chi connectivity index (χ1) is 7.64. The Bertz CT molecular complexity index is 377. The van der Waals surface area contributed by atoms with Crippen LogP contribution in [0.1, 0.15) is 5.56 Å². The van der Waals surface area contributed by atoms with Crippen molar-refractivity contribution in [3.63, 3.8) is 0 Å². The van der Waals surface area contributed by atoms with Gasteiger partial charge in [0.25, 0.3) is 0 Å². The van der Waals surface area contributed by atoms with Crippen LogP contribution in [0, 0.1) is 0 Å². The van der Waals surface area contributed by atoms with Gasteiger partial charge in [-0.05, 0) is 27.6 Å². The fraction of sp³-hybridized carbons (Fsp3) is 0.455. The summed E-state index contributed by atoms with van der Waals surface area (Å²) in [4.78, 5) is 0. The number of rotatable bonds is 3. The maximum absolute atomic E-state index is 6.17. The van der Waals surface area contributed by atoms with Crippen LogP contribution in [0.4, 0.5) is 0 Å². The second-order valence-corrected chi connectivity index (χ2v) is 4.79. The molecule has 0 aromatic heterocycles. The smallest absolute Gasteiger partial charge is 0.136 e. The fourth-order valence-electron chi connectivity index (χ4n) is 1.98. The van der Waals surface area contributed by atoms with Gasteiger partial charge < -0.3 is 10.5 Å². The van der Waals surface area contributed by atoms with E-state index in [4.69, 9.17) is 10.5 Å². The van der Waals surface area contributed by atoms with Crippen molar-refractivity contribution in [1.82, 2.24) is 10.6 Å². The molecule has 5 heteroatoms. The zero-order valence-electron chi connectivity index (χ0n) is 9.22. The maximum Gasteiger partial charge on any atom is 0.136 e. The van der Waals surface area contributed by atoms with Crippen molar-refractivity contribution in [1.29, 1.82) is 0 Å². The molecule has 0 unspecified atom stereocenters. The van der Waals surface area contributed by atoms with Crippen molar-refractivity contribution >= 4 is 15.9 Å². The summed E-state index contributed by atoms with van der Waals surface area (Å²) in [5, 5.41) is 6.50. The van der Waals surface area contributed by atoms with Gasteiger partial charge in [0.05, 0.1) is 11.6 Å². The SMILES string of the molecule is COc1c(Br)cccc1CC1(N)NCCN1. The molecule has 1 aliphatic heterocycles. The van der Waals surface area contributed by atoms with Gasteiger partial charge in [-0.3, -0.25) is 10.6 Å². The van der Waals surface area contributed by atoms with Crippen molar-refractivity contribution in [3.05, 3.63) is 28.2 Å². The lowest BCUT2D eigenvalue weighted by atomic mass is 10.1. The number of nitrogens with one attached hydrogen (secondary N) is 2. The molecule has 0 atom stereocenters. The summed E-state index contributed by atoms with van der Waals surface area (Å²) in [6.07, 6.45) is 0.690. The first kappa shape index (κ1) is 11.9. The first-order valence-corrected chi connectivity index (χ1v) is 6.04. The van der Waals surface area contributed by atoms with E-state index >= 15 is 0 Å². The third-order valence-electron chi connectivity index (χ3n) is 2.73. The molecule has 0 bridgehead atoms. The fourth-order valence-corrected chi connectivity index (χ4v) is 2.55. The Morgan fingerprint density at radius 3 is 2.75 bits per heavy atom. The molecule has 1 aromatic rings. The zero-order chi connectivity index (χ0) is 11.6. The Kier molecular flexibility index (Phi) is 3.49. The third-order valence-corrected chi connectivity index (χ3v) is 3.35. The van der Waals surface area contributed by atoms with Crippen LogP contribution >= 0.6 is 15.9 Å². The van der Waals surface area contributed by atoms with Gasteiger partial charge in [0.2, 0.25) is 0 Å². The Hall–Kier alpha value is -0.620. The number of ether oxygens (including phenoxy) is 1. The average molecular weight is 286 g/mol. The van der Waals surface area contributed by atoms with Gasteiger partial charge in [-0.2, -0.15) is 0 Å². The van der Waals surface area contributed by atoms with Gasteiger partial charge in [0, 0.05) is 19.5 Å². The Morgan fingerprint density at radius 1 is 1.44 bits per heavy atom. The predicted octanol–water partition coefficient (Wildman–Crippen LogP) is 0.805. The molecule has 1 fully saturated rings. The largest absolute Gasteiger partial charge is 0.495 e. The highest BCUT2D eigenvalue weighted by molar-refractivity contribution is 9.10. The predicted molar refractivity (Wildman–Crippen MR) is 67.3 cm³/mol. The van der Waals surface area contributed by atoms with Crippen LogP contribution in [0.5, 0.6) is 5.75 Å².